The lowest BCUT2D eigenvalue weighted by Gasteiger charge is -2.24. The van der Waals surface area contributed by atoms with Gasteiger partial charge in [0, 0.05) is 30.0 Å². The fourth-order valence-electron chi connectivity index (χ4n) is 4.02. The number of para-hydroxylation sites is 2. The number of amides is 1. The molecule has 1 aliphatic heterocycles. The van der Waals surface area contributed by atoms with E-state index in [4.69, 9.17) is 5.10 Å². The summed E-state index contributed by atoms with van der Waals surface area (Å²) in [6.45, 7) is 5.62. The molecule has 1 aliphatic rings. The van der Waals surface area contributed by atoms with E-state index in [-0.39, 0.29) is 11.9 Å². The number of carbonyl (C=O) groups is 1. The number of aryl methyl sites for hydroxylation is 1. The topological polar surface area (TPSA) is 41.4 Å². The van der Waals surface area contributed by atoms with E-state index >= 15 is 0 Å². The first-order chi connectivity index (χ1) is 13.6. The summed E-state index contributed by atoms with van der Waals surface area (Å²) in [6.07, 6.45) is 0.842. The number of hydrogen-bond acceptors (Lipinski definition) is 3. The Morgan fingerprint density at radius 2 is 1.61 bits per heavy atom. The summed E-state index contributed by atoms with van der Waals surface area (Å²) in [4.78, 5) is 17.1. The maximum Gasteiger partial charge on any atom is 0.244 e. The second kappa shape index (κ2) is 7.60. The highest BCUT2D eigenvalue weighted by atomic mass is 16.2. The van der Waals surface area contributed by atoms with Crippen molar-refractivity contribution in [1.82, 2.24) is 14.7 Å². The van der Waals surface area contributed by atoms with Gasteiger partial charge in [-0.05, 0) is 51.6 Å². The molecule has 5 nitrogen and oxygen atoms in total. The second-order valence-electron chi connectivity index (χ2n) is 7.44. The van der Waals surface area contributed by atoms with Crippen molar-refractivity contribution in [3.63, 3.8) is 0 Å². The van der Waals surface area contributed by atoms with Gasteiger partial charge in [-0.1, -0.05) is 36.4 Å². The smallest absolute Gasteiger partial charge is 0.244 e. The predicted octanol–water partition coefficient (Wildman–Crippen LogP) is 3.73. The van der Waals surface area contributed by atoms with Gasteiger partial charge in [-0.3, -0.25) is 9.69 Å². The molecular weight excluding hydrogens is 348 g/mol. The summed E-state index contributed by atoms with van der Waals surface area (Å²) < 4.78 is 1.99. The van der Waals surface area contributed by atoms with Crippen LogP contribution in [0.4, 0.5) is 5.69 Å². The van der Waals surface area contributed by atoms with E-state index in [1.54, 1.807) is 0 Å². The van der Waals surface area contributed by atoms with Crippen molar-refractivity contribution in [2.45, 2.75) is 32.9 Å². The minimum absolute atomic E-state index is 0.0981. The van der Waals surface area contributed by atoms with Gasteiger partial charge in [0.05, 0.1) is 17.4 Å². The number of anilines is 1. The van der Waals surface area contributed by atoms with Crippen molar-refractivity contribution in [3.05, 3.63) is 77.6 Å². The minimum atomic E-state index is -0.0981. The molecule has 0 spiro atoms. The van der Waals surface area contributed by atoms with Gasteiger partial charge >= 0.3 is 0 Å². The first-order valence-corrected chi connectivity index (χ1v) is 9.73. The fraction of sp³-hybridized carbons (Fsp3) is 0.304. The van der Waals surface area contributed by atoms with Crippen LogP contribution in [0.1, 0.15) is 23.4 Å². The third-order valence-electron chi connectivity index (χ3n) is 5.63. The number of nitrogens with zero attached hydrogens (tertiary/aromatic N) is 4. The van der Waals surface area contributed by atoms with E-state index in [1.807, 2.05) is 72.1 Å². The molecule has 0 aliphatic carbocycles. The standard InChI is InChI=1S/C23H26N4O/c1-17-21(18(2)27(24-17)20-12-8-5-9-13-20)16-25(3)22-14-15-26(23(22)28)19-10-6-4-7-11-19/h4-13,22H,14-16H2,1-3H3/t22-/m0/s1. The van der Waals surface area contributed by atoms with Gasteiger partial charge in [0.1, 0.15) is 0 Å². The Balaban J connectivity index is 1.52. The summed E-state index contributed by atoms with van der Waals surface area (Å²) in [7, 11) is 2.04. The van der Waals surface area contributed by atoms with Gasteiger partial charge in [-0.15, -0.1) is 0 Å². The average molecular weight is 374 g/mol. The van der Waals surface area contributed by atoms with E-state index in [1.165, 1.54) is 5.56 Å². The maximum atomic E-state index is 13.0. The minimum Gasteiger partial charge on any atom is -0.311 e. The van der Waals surface area contributed by atoms with Crippen molar-refractivity contribution in [1.29, 1.82) is 0 Å². The molecular formula is C23H26N4O. The lowest BCUT2D eigenvalue weighted by molar-refractivity contribution is -0.121. The third kappa shape index (κ3) is 3.34. The van der Waals surface area contributed by atoms with Gasteiger partial charge < -0.3 is 4.90 Å². The number of benzene rings is 2. The largest absolute Gasteiger partial charge is 0.311 e. The molecule has 1 saturated heterocycles. The predicted molar refractivity (Wildman–Crippen MR) is 112 cm³/mol. The molecule has 1 fully saturated rings. The Morgan fingerprint density at radius 1 is 1.00 bits per heavy atom. The molecule has 3 aromatic rings. The van der Waals surface area contributed by atoms with Crippen LogP contribution in [0.2, 0.25) is 0 Å². The van der Waals surface area contributed by atoms with E-state index in [2.05, 4.69) is 24.0 Å². The van der Waals surface area contributed by atoms with Crippen LogP contribution in [0.3, 0.4) is 0 Å². The van der Waals surface area contributed by atoms with Gasteiger partial charge in [0.15, 0.2) is 0 Å². The highest BCUT2D eigenvalue weighted by Gasteiger charge is 2.35. The van der Waals surface area contributed by atoms with E-state index in [9.17, 15) is 4.79 Å². The van der Waals surface area contributed by atoms with E-state index < -0.39 is 0 Å². The molecule has 4 rings (SSSR count). The van der Waals surface area contributed by atoms with Crippen molar-refractivity contribution in [3.8, 4) is 5.69 Å². The molecule has 5 heteroatoms. The summed E-state index contributed by atoms with van der Waals surface area (Å²) in [6, 6.07) is 20.0. The molecule has 28 heavy (non-hydrogen) atoms. The van der Waals surface area contributed by atoms with E-state index in [0.29, 0.717) is 6.54 Å². The summed E-state index contributed by atoms with van der Waals surface area (Å²) in [5.74, 6) is 0.180. The van der Waals surface area contributed by atoms with Crippen LogP contribution >= 0.6 is 0 Å². The monoisotopic (exact) mass is 374 g/mol. The van der Waals surface area contributed by atoms with Gasteiger partial charge in [-0.25, -0.2) is 4.68 Å². The third-order valence-corrected chi connectivity index (χ3v) is 5.63. The molecule has 1 aromatic heterocycles. The van der Waals surface area contributed by atoms with Gasteiger partial charge in [0.25, 0.3) is 0 Å². The SMILES string of the molecule is Cc1nn(-c2ccccc2)c(C)c1CN(C)[C@H]1CCN(c2ccccc2)C1=O. The molecule has 0 saturated carbocycles. The van der Waals surface area contributed by atoms with Crippen LogP contribution in [0, 0.1) is 13.8 Å². The number of carbonyl (C=O) groups excluding carboxylic acids is 1. The number of rotatable bonds is 5. The Hall–Kier alpha value is -2.92. The Labute approximate surface area is 166 Å². The zero-order chi connectivity index (χ0) is 19.7. The van der Waals surface area contributed by atoms with Gasteiger partial charge in [-0.2, -0.15) is 5.10 Å². The fourth-order valence-corrected chi connectivity index (χ4v) is 4.02. The van der Waals surface area contributed by atoms with Crippen molar-refractivity contribution in [2.24, 2.45) is 0 Å². The Morgan fingerprint density at radius 3 is 2.25 bits per heavy atom. The molecule has 144 valence electrons. The molecule has 0 radical (unpaired) electrons. The van der Waals surface area contributed by atoms with E-state index in [0.717, 1.165) is 35.7 Å². The molecule has 2 aromatic carbocycles. The van der Waals surface area contributed by atoms with Crippen molar-refractivity contribution in [2.75, 3.05) is 18.5 Å². The first kappa shape index (κ1) is 18.4. The zero-order valence-corrected chi connectivity index (χ0v) is 16.7. The average Bonchev–Trinajstić information content (AvgIpc) is 3.24. The highest BCUT2D eigenvalue weighted by molar-refractivity contribution is 5.99. The number of aromatic nitrogens is 2. The van der Waals surface area contributed by atoms with Crippen LogP contribution in [0.25, 0.3) is 5.69 Å². The molecule has 0 N–H and O–H groups in total. The van der Waals surface area contributed by atoms with Crippen LogP contribution in [0.5, 0.6) is 0 Å². The first-order valence-electron chi connectivity index (χ1n) is 9.73. The normalized spacial score (nSPS) is 16.9. The van der Waals surface area contributed by atoms with Crippen LogP contribution < -0.4 is 4.90 Å². The van der Waals surface area contributed by atoms with Crippen molar-refractivity contribution >= 4 is 11.6 Å². The van der Waals surface area contributed by atoms with Crippen LogP contribution in [0.15, 0.2) is 60.7 Å². The highest BCUT2D eigenvalue weighted by Crippen LogP contribution is 2.26. The maximum absolute atomic E-state index is 13.0. The lowest BCUT2D eigenvalue weighted by Crippen LogP contribution is -2.39. The summed E-state index contributed by atoms with van der Waals surface area (Å²) >= 11 is 0. The molecule has 1 amide bonds. The molecule has 2 heterocycles. The van der Waals surface area contributed by atoms with Crippen LogP contribution in [-0.2, 0) is 11.3 Å². The quantitative estimate of drug-likeness (QED) is 0.683. The molecule has 1 atom stereocenters. The van der Waals surface area contributed by atoms with Gasteiger partial charge in [0.2, 0.25) is 5.91 Å². The Bertz CT molecular complexity index is 965. The lowest BCUT2D eigenvalue weighted by atomic mass is 10.1. The number of hydrogen-bond donors (Lipinski definition) is 0. The Kier molecular flexibility index (Phi) is 5.01. The molecule has 0 unspecified atom stereocenters. The summed E-state index contributed by atoms with van der Waals surface area (Å²) in [5.41, 5.74) is 5.37. The summed E-state index contributed by atoms with van der Waals surface area (Å²) in [5, 5.41) is 4.74. The zero-order valence-electron chi connectivity index (χ0n) is 16.7. The molecule has 0 bridgehead atoms. The second-order valence-corrected chi connectivity index (χ2v) is 7.44. The van der Waals surface area contributed by atoms with Crippen LogP contribution in [-0.4, -0.2) is 40.2 Å². The van der Waals surface area contributed by atoms with Crippen molar-refractivity contribution < 1.29 is 4.79 Å². The number of likely N-dealkylation sites (N-methyl/N-ethyl adjacent to an activating group) is 1.